The molecular weight excluding hydrogens is 304 g/mol. The van der Waals surface area contributed by atoms with E-state index in [2.05, 4.69) is 23.2 Å². The van der Waals surface area contributed by atoms with Crippen molar-refractivity contribution in [3.63, 3.8) is 0 Å². The van der Waals surface area contributed by atoms with Crippen LogP contribution in [0.15, 0.2) is 24.3 Å². The molecule has 0 spiro atoms. The van der Waals surface area contributed by atoms with Gasteiger partial charge in [-0.25, -0.2) is 0 Å². The molecule has 5 heteroatoms. The lowest BCUT2D eigenvalue weighted by Gasteiger charge is -2.33. The van der Waals surface area contributed by atoms with Crippen molar-refractivity contribution in [3.8, 4) is 5.75 Å². The van der Waals surface area contributed by atoms with E-state index in [4.69, 9.17) is 9.47 Å². The van der Waals surface area contributed by atoms with Crippen LogP contribution in [0.25, 0.3) is 0 Å². The Hall–Kier alpha value is -1.75. The molecule has 5 nitrogen and oxygen atoms in total. The lowest BCUT2D eigenvalue weighted by molar-refractivity contribution is -0.124. The summed E-state index contributed by atoms with van der Waals surface area (Å²) in [6.45, 7) is 5.91. The van der Waals surface area contributed by atoms with Crippen LogP contribution in [0.5, 0.6) is 5.75 Å². The first kappa shape index (κ1) is 17.1. The quantitative estimate of drug-likeness (QED) is 0.900. The van der Waals surface area contributed by atoms with Crippen LogP contribution >= 0.6 is 0 Å². The fraction of sp³-hybridized carbons (Fsp3) is 0.632. The topological polar surface area (TPSA) is 50.8 Å². The van der Waals surface area contributed by atoms with Crippen molar-refractivity contribution in [2.45, 2.75) is 38.6 Å². The Morgan fingerprint density at radius 2 is 2.08 bits per heavy atom. The maximum Gasteiger partial charge on any atom is 0.258 e. The molecule has 0 saturated carbocycles. The van der Waals surface area contributed by atoms with Gasteiger partial charge in [0.15, 0.2) is 6.61 Å². The molecule has 132 valence electrons. The number of nitrogens with zero attached hydrogens (tertiary/aromatic N) is 1. The van der Waals surface area contributed by atoms with Crippen LogP contribution in [-0.2, 0) is 9.53 Å². The highest BCUT2D eigenvalue weighted by molar-refractivity contribution is 5.78. The average molecular weight is 332 g/mol. The monoisotopic (exact) mass is 332 g/mol. The summed E-state index contributed by atoms with van der Waals surface area (Å²) >= 11 is 0. The zero-order valence-corrected chi connectivity index (χ0v) is 14.5. The molecule has 1 atom stereocenters. The Bertz CT molecular complexity index is 543. The predicted octanol–water partition coefficient (Wildman–Crippen LogP) is 2.60. The number of rotatable bonds is 5. The first-order valence-electron chi connectivity index (χ1n) is 9.06. The van der Waals surface area contributed by atoms with E-state index in [-0.39, 0.29) is 18.6 Å². The summed E-state index contributed by atoms with van der Waals surface area (Å²) in [7, 11) is 0. The molecule has 0 unspecified atom stereocenters. The minimum Gasteiger partial charge on any atom is -0.482 e. The van der Waals surface area contributed by atoms with Crippen molar-refractivity contribution in [1.82, 2.24) is 5.32 Å². The Balaban J connectivity index is 1.55. The van der Waals surface area contributed by atoms with Crippen LogP contribution in [0.4, 0.5) is 5.69 Å². The number of hydrogen-bond acceptors (Lipinski definition) is 4. The van der Waals surface area contributed by atoms with E-state index >= 15 is 0 Å². The van der Waals surface area contributed by atoms with Gasteiger partial charge in [-0.15, -0.1) is 0 Å². The van der Waals surface area contributed by atoms with Gasteiger partial charge in [0, 0.05) is 32.3 Å². The molecule has 2 fully saturated rings. The van der Waals surface area contributed by atoms with Gasteiger partial charge in [0.25, 0.3) is 5.91 Å². The summed E-state index contributed by atoms with van der Waals surface area (Å²) in [5.41, 5.74) is 1.10. The molecule has 0 aromatic heterocycles. The zero-order valence-electron chi connectivity index (χ0n) is 14.5. The second kappa shape index (κ2) is 8.38. The number of hydrogen-bond donors (Lipinski definition) is 1. The molecule has 1 aromatic carbocycles. The Kier molecular flexibility index (Phi) is 5.96. The standard InChI is InChI=1S/C19H28N2O3/c1-15-5-4-10-21(13-15)17-6-2-3-7-18(17)24-14-19(22)20-16-8-11-23-12-9-16/h2-3,6-7,15-16H,4-5,8-14H2,1H3,(H,20,22)/t15-/m0/s1. The fourth-order valence-electron chi connectivity index (χ4n) is 3.50. The average Bonchev–Trinajstić information content (AvgIpc) is 2.61. The smallest absolute Gasteiger partial charge is 0.258 e. The summed E-state index contributed by atoms with van der Waals surface area (Å²) in [5, 5.41) is 3.04. The minimum absolute atomic E-state index is 0.0521. The third-order valence-corrected chi connectivity index (χ3v) is 4.81. The highest BCUT2D eigenvalue weighted by atomic mass is 16.5. The number of amides is 1. The number of carbonyl (C=O) groups excluding carboxylic acids is 1. The number of anilines is 1. The van der Waals surface area contributed by atoms with Gasteiger partial charge in [-0.3, -0.25) is 4.79 Å². The summed E-state index contributed by atoms with van der Waals surface area (Å²) in [6.07, 6.45) is 4.26. The van der Waals surface area contributed by atoms with Crippen LogP contribution in [0.1, 0.15) is 32.6 Å². The molecule has 1 amide bonds. The van der Waals surface area contributed by atoms with Gasteiger partial charge in [0.05, 0.1) is 5.69 Å². The van der Waals surface area contributed by atoms with E-state index < -0.39 is 0 Å². The number of benzene rings is 1. The normalized spacial score (nSPS) is 22.2. The first-order valence-corrected chi connectivity index (χ1v) is 9.06. The summed E-state index contributed by atoms with van der Waals surface area (Å²) in [6, 6.07) is 8.25. The highest BCUT2D eigenvalue weighted by Crippen LogP contribution is 2.31. The molecule has 0 aliphatic carbocycles. The van der Waals surface area contributed by atoms with E-state index in [0.717, 1.165) is 50.6 Å². The summed E-state index contributed by atoms with van der Waals surface area (Å²) < 4.78 is 11.2. The van der Waals surface area contributed by atoms with Crippen molar-refractivity contribution in [2.24, 2.45) is 5.92 Å². The predicted molar refractivity (Wildman–Crippen MR) is 94.5 cm³/mol. The molecular formula is C19H28N2O3. The van der Waals surface area contributed by atoms with Crippen LogP contribution in [0, 0.1) is 5.92 Å². The van der Waals surface area contributed by atoms with E-state index in [9.17, 15) is 4.79 Å². The molecule has 1 N–H and O–H groups in total. The number of para-hydroxylation sites is 2. The van der Waals surface area contributed by atoms with Crippen LogP contribution in [-0.4, -0.2) is 44.9 Å². The number of ether oxygens (including phenoxy) is 2. The van der Waals surface area contributed by atoms with E-state index in [1.54, 1.807) is 0 Å². The molecule has 24 heavy (non-hydrogen) atoms. The Labute approximate surface area is 144 Å². The molecule has 2 aliphatic rings. The van der Waals surface area contributed by atoms with Crippen molar-refractivity contribution in [1.29, 1.82) is 0 Å². The molecule has 0 radical (unpaired) electrons. The zero-order chi connectivity index (χ0) is 16.8. The highest BCUT2D eigenvalue weighted by Gasteiger charge is 2.20. The van der Waals surface area contributed by atoms with Gasteiger partial charge in [0.1, 0.15) is 5.75 Å². The summed E-state index contributed by atoms with van der Waals surface area (Å²) in [4.78, 5) is 14.5. The molecule has 2 aliphatic heterocycles. The van der Waals surface area contributed by atoms with E-state index in [1.807, 2.05) is 18.2 Å². The molecule has 1 aromatic rings. The van der Waals surface area contributed by atoms with Gasteiger partial charge < -0.3 is 19.7 Å². The van der Waals surface area contributed by atoms with Crippen molar-refractivity contribution in [3.05, 3.63) is 24.3 Å². The molecule has 3 rings (SSSR count). The van der Waals surface area contributed by atoms with Crippen molar-refractivity contribution in [2.75, 3.05) is 37.8 Å². The maximum atomic E-state index is 12.1. The first-order chi connectivity index (χ1) is 11.7. The van der Waals surface area contributed by atoms with Gasteiger partial charge in [-0.05, 0) is 43.7 Å². The van der Waals surface area contributed by atoms with Crippen molar-refractivity contribution >= 4 is 11.6 Å². The SMILES string of the molecule is C[C@H]1CCCN(c2ccccc2OCC(=O)NC2CCOCC2)C1. The van der Waals surface area contributed by atoms with Crippen LogP contribution < -0.4 is 15.0 Å². The number of piperidine rings is 1. The largest absolute Gasteiger partial charge is 0.482 e. The van der Waals surface area contributed by atoms with Crippen molar-refractivity contribution < 1.29 is 14.3 Å². The third kappa shape index (κ3) is 4.63. The lowest BCUT2D eigenvalue weighted by atomic mass is 9.99. The number of carbonyl (C=O) groups is 1. The Morgan fingerprint density at radius 3 is 2.88 bits per heavy atom. The second-order valence-corrected chi connectivity index (χ2v) is 6.90. The summed E-state index contributed by atoms with van der Waals surface area (Å²) in [5.74, 6) is 1.45. The van der Waals surface area contributed by atoms with Crippen LogP contribution in [0.2, 0.25) is 0 Å². The third-order valence-electron chi connectivity index (χ3n) is 4.81. The van der Waals surface area contributed by atoms with E-state index in [0.29, 0.717) is 5.92 Å². The fourth-order valence-corrected chi connectivity index (χ4v) is 3.50. The van der Waals surface area contributed by atoms with Crippen LogP contribution in [0.3, 0.4) is 0 Å². The minimum atomic E-state index is -0.0521. The Morgan fingerprint density at radius 1 is 1.29 bits per heavy atom. The number of nitrogens with one attached hydrogen (secondary N) is 1. The van der Waals surface area contributed by atoms with Gasteiger partial charge >= 0.3 is 0 Å². The molecule has 2 saturated heterocycles. The second-order valence-electron chi connectivity index (χ2n) is 6.90. The molecule has 2 heterocycles. The van der Waals surface area contributed by atoms with Gasteiger partial charge in [-0.1, -0.05) is 19.1 Å². The lowest BCUT2D eigenvalue weighted by Crippen LogP contribution is -2.41. The van der Waals surface area contributed by atoms with Gasteiger partial charge in [-0.2, -0.15) is 0 Å². The maximum absolute atomic E-state index is 12.1. The van der Waals surface area contributed by atoms with E-state index in [1.165, 1.54) is 12.8 Å². The molecule has 0 bridgehead atoms. The van der Waals surface area contributed by atoms with Gasteiger partial charge in [0.2, 0.25) is 0 Å².